The Bertz CT molecular complexity index is 377. The molecular formula is C13H22N2O4S. The Morgan fingerprint density at radius 2 is 2.00 bits per heavy atom. The zero-order chi connectivity index (χ0) is 14.6. The fourth-order valence-corrected chi connectivity index (χ4v) is 3.77. The van der Waals surface area contributed by atoms with Crippen molar-refractivity contribution in [1.82, 2.24) is 10.6 Å². The van der Waals surface area contributed by atoms with Gasteiger partial charge in [0.2, 0.25) is 0 Å². The Balaban J connectivity index is 1.87. The highest BCUT2D eigenvalue weighted by Gasteiger charge is 2.44. The van der Waals surface area contributed by atoms with Gasteiger partial charge in [-0.2, -0.15) is 11.8 Å². The Kier molecular flexibility index (Phi) is 4.80. The first kappa shape index (κ1) is 15.4. The SMILES string of the molecule is CSC1(CNC(=O)NC2(C(=O)O)CCOC2)CCCC1. The number of aliphatic carboxylic acids is 1. The molecule has 0 aromatic rings. The molecular weight excluding hydrogens is 280 g/mol. The van der Waals surface area contributed by atoms with E-state index >= 15 is 0 Å². The van der Waals surface area contributed by atoms with E-state index in [4.69, 9.17) is 4.74 Å². The first-order valence-electron chi connectivity index (χ1n) is 6.94. The molecule has 1 aliphatic heterocycles. The molecule has 114 valence electrons. The van der Waals surface area contributed by atoms with Crippen molar-refractivity contribution in [1.29, 1.82) is 0 Å². The topological polar surface area (TPSA) is 87.7 Å². The van der Waals surface area contributed by atoms with E-state index < -0.39 is 17.5 Å². The number of amides is 2. The summed E-state index contributed by atoms with van der Waals surface area (Å²) in [7, 11) is 0. The summed E-state index contributed by atoms with van der Waals surface area (Å²) in [5.41, 5.74) is -1.27. The fraction of sp³-hybridized carbons (Fsp3) is 0.846. The van der Waals surface area contributed by atoms with Crippen LogP contribution < -0.4 is 10.6 Å². The molecule has 0 aromatic heterocycles. The van der Waals surface area contributed by atoms with Gasteiger partial charge in [-0.25, -0.2) is 9.59 Å². The van der Waals surface area contributed by atoms with Crippen molar-refractivity contribution < 1.29 is 19.4 Å². The monoisotopic (exact) mass is 302 g/mol. The summed E-state index contributed by atoms with van der Waals surface area (Å²) in [6.07, 6.45) is 6.95. The molecule has 1 atom stereocenters. The van der Waals surface area contributed by atoms with Crippen LogP contribution in [0.25, 0.3) is 0 Å². The van der Waals surface area contributed by atoms with Gasteiger partial charge in [0.05, 0.1) is 6.61 Å². The second-order valence-corrected chi connectivity index (χ2v) is 6.87. The number of rotatable bonds is 5. The molecule has 20 heavy (non-hydrogen) atoms. The van der Waals surface area contributed by atoms with Crippen molar-refractivity contribution in [3.8, 4) is 0 Å². The third-order valence-electron chi connectivity index (χ3n) is 4.30. The summed E-state index contributed by atoms with van der Waals surface area (Å²) in [5, 5.41) is 14.7. The number of urea groups is 1. The van der Waals surface area contributed by atoms with Crippen molar-refractivity contribution in [2.75, 3.05) is 26.0 Å². The van der Waals surface area contributed by atoms with Crippen molar-refractivity contribution >= 4 is 23.8 Å². The van der Waals surface area contributed by atoms with Crippen LogP contribution in [-0.2, 0) is 9.53 Å². The van der Waals surface area contributed by atoms with Gasteiger partial charge >= 0.3 is 12.0 Å². The molecule has 3 N–H and O–H groups in total. The third kappa shape index (κ3) is 3.20. The molecule has 0 spiro atoms. The Morgan fingerprint density at radius 3 is 2.50 bits per heavy atom. The molecule has 2 aliphatic rings. The highest BCUT2D eigenvalue weighted by atomic mass is 32.2. The lowest BCUT2D eigenvalue weighted by atomic mass is 9.99. The summed E-state index contributed by atoms with van der Waals surface area (Å²) >= 11 is 1.79. The Labute approximate surface area is 123 Å². The Morgan fingerprint density at radius 1 is 1.30 bits per heavy atom. The summed E-state index contributed by atoms with van der Waals surface area (Å²) in [4.78, 5) is 23.3. The second kappa shape index (κ2) is 6.22. The van der Waals surface area contributed by atoms with Crippen molar-refractivity contribution in [2.45, 2.75) is 42.4 Å². The minimum Gasteiger partial charge on any atom is -0.479 e. The number of ether oxygens (including phenoxy) is 1. The quantitative estimate of drug-likeness (QED) is 0.710. The van der Waals surface area contributed by atoms with Gasteiger partial charge in [0, 0.05) is 24.3 Å². The van der Waals surface area contributed by atoms with E-state index in [0.717, 1.165) is 12.8 Å². The molecule has 1 heterocycles. The number of hydrogen-bond acceptors (Lipinski definition) is 4. The van der Waals surface area contributed by atoms with Gasteiger partial charge in [-0.1, -0.05) is 12.8 Å². The molecule has 1 unspecified atom stereocenters. The van der Waals surface area contributed by atoms with E-state index in [0.29, 0.717) is 19.6 Å². The number of carboxylic acid groups (broad SMARTS) is 1. The van der Waals surface area contributed by atoms with E-state index in [1.165, 1.54) is 12.8 Å². The van der Waals surface area contributed by atoms with Gasteiger partial charge in [0.1, 0.15) is 0 Å². The van der Waals surface area contributed by atoms with Crippen LogP contribution >= 0.6 is 11.8 Å². The van der Waals surface area contributed by atoms with Crippen LogP contribution in [-0.4, -0.2) is 53.4 Å². The molecule has 2 amide bonds. The van der Waals surface area contributed by atoms with Crippen LogP contribution in [0, 0.1) is 0 Å². The highest BCUT2D eigenvalue weighted by molar-refractivity contribution is 8.00. The highest BCUT2D eigenvalue weighted by Crippen LogP contribution is 2.39. The molecule has 0 radical (unpaired) electrons. The second-order valence-electron chi connectivity index (χ2n) is 5.59. The van der Waals surface area contributed by atoms with Crippen molar-refractivity contribution in [3.63, 3.8) is 0 Å². The summed E-state index contributed by atoms with van der Waals surface area (Å²) in [6, 6.07) is -0.418. The van der Waals surface area contributed by atoms with E-state index in [1.54, 1.807) is 11.8 Å². The smallest absolute Gasteiger partial charge is 0.332 e. The van der Waals surface area contributed by atoms with Crippen LogP contribution in [0.4, 0.5) is 4.79 Å². The van der Waals surface area contributed by atoms with Gasteiger partial charge < -0.3 is 20.5 Å². The van der Waals surface area contributed by atoms with Crippen molar-refractivity contribution in [2.24, 2.45) is 0 Å². The number of carbonyl (C=O) groups excluding carboxylic acids is 1. The average molecular weight is 302 g/mol. The first-order valence-corrected chi connectivity index (χ1v) is 8.17. The van der Waals surface area contributed by atoms with Crippen LogP contribution in [0.3, 0.4) is 0 Å². The summed E-state index contributed by atoms with van der Waals surface area (Å²) in [6.45, 7) is 0.974. The maximum atomic E-state index is 12.0. The van der Waals surface area contributed by atoms with Crippen LogP contribution in [0.2, 0.25) is 0 Å². The Hall–Kier alpha value is -0.950. The number of nitrogens with one attached hydrogen (secondary N) is 2. The maximum Gasteiger partial charge on any atom is 0.332 e. The lowest BCUT2D eigenvalue weighted by molar-refractivity contribution is -0.144. The maximum absolute atomic E-state index is 12.0. The number of carbonyl (C=O) groups is 2. The number of carboxylic acids is 1. The average Bonchev–Trinajstić information content (AvgIpc) is 3.06. The first-order chi connectivity index (χ1) is 9.52. The summed E-state index contributed by atoms with van der Waals surface area (Å²) < 4.78 is 5.23. The molecule has 2 fully saturated rings. The lowest BCUT2D eigenvalue weighted by Gasteiger charge is -2.29. The molecule has 2 rings (SSSR count). The minimum absolute atomic E-state index is 0.0312. The van der Waals surface area contributed by atoms with E-state index in [-0.39, 0.29) is 11.4 Å². The molecule has 6 nitrogen and oxygen atoms in total. The molecule has 1 saturated heterocycles. The summed E-state index contributed by atoms with van der Waals surface area (Å²) in [5.74, 6) is -1.04. The molecule has 1 saturated carbocycles. The van der Waals surface area contributed by atoms with Crippen LogP contribution in [0.1, 0.15) is 32.1 Å². The van der Waals surface area contributed by atoms with Gasteiger partial charge in [0.15, 0.2) is 5.54 Å². The predicted octanol–water partition coefficient (Wildman–Crippen LogP) is 1.21. The van der Waals surface area contributed by atoms with Crippen LogP contribution in [0.15, 0.2) is 0 Å². The molecule has 0 bridgehead atoms. The molecule has 1 aliphatic carbocycles. The number of thioether (sulfide) groups is 1. The zero-order valence-electron chi connectivity index (χ0n) is 11.7. The van der Waals surface area contributed by atoms with Gasteiger partial charge in [-0.3, -0.25) is 0 Å². The third-order valence-corrected chi connectivity index (χ3v) is 5.72. The van der Waals surface area contributed by atoms with Gasteiger partial charge in [0.25, 0.3) is 0 Å². The fourth-order valence-electron chi connectivity index (χ4n) is 2.86. The van der Waals surface area contributed by atoms with Gasteiger partial charge in [-0.15, -0.1) is 0 Å². The number of hydrogen-bond donors (Lipinski definition) is 3. The molecule has 0 aromatic carbocycles. The molecule has 7 heteroatoms. The van der Waals surface area contributed by atoms with E-state index in [1.807, 2.05) is 0 Å². The predicted molar refractivity (Wildman–Crippen MR) is 77.1 cm³/mol. The zero-order valence-corrected chi connectivity index (χ0v) is 12.6. The van der Waals surface area contributed by atoms with Crippen molar-refractivity contribution in [3.05, 3.63) is 0 Å². The standard InChI is InChI=1S/C13H22N2O4S/c1-20-12(4-2-3-5-12)8-14-11(18)15-13(10(16)17)6-7-19-9-13/h2-9H2,1H3,(H,16,17)(H2,14,15,18). The van der Waals surface area contributed by atoms with E-state index in [2.05, 4.69) is 16.9 Å². The van der Waals surface area contributed by atoms with Gasteiger partial charge in [-0.05, 0) is 19.1 Å². The minimum atomic E-state index is -1.27. The largest absolute Gasteiger partial charge is 0.479 e. The van der Waals surface area contributed by atoms with Crippen LogP contribution in [0.5, 0.6) is 0 Å². The lowest BCUT2D eigenvalue weighted by Crippen LogP contribution is -2.58. The normalized spacial score (nSPS) is 28.2. The van der Waals surface area contributed by atoms with E-state index in [9.17, 15) is 14.7 Å².